The molecule has 44 heavy (non-hydrogen) atoms. The monoisotopic (exact) mass is 617 g/mol. The molecule has 1 aliphatic heterocycles. The number of ether oxygens (including phenoxy) is 2. The number of rotatable bonds is 10. The van der Waals surface area contributed by atoms with E-state index in [1.54, 1.807) is 12.4 Å². The number of anilines is 1. The molecular weight excluding hydrogens is 574 g/mol. The Morgan fingerprint density at radius 2 is 1.89 bits per heavy atom. The smallest absolute Gasteiger partial charge is 0.410 e. The molecule has 1 saturated carbocycles. The molecular formula is C31H43N9O3Si. The molecule has 1 unspecified atom stereocenters. The Morgan fingerprint density at radius 1 is 1.07 bits per heavy atom. The van der Waals surface area contributed by atoms with Gasteiger partial charge < -0.3 is 19.3 Å². The fraction of sp³-hybridized carbons (Fsp3) is 0.548. The molecule has 12 nitrogen and oxygen atoms in total. The Bertz CT molecular complexity index is 1590. The van der Waals surface area contributed by atoms with Gasteiger partial charge in [0.2, 0.25) is 5.95 Å². The highest BCUT2D eigenvalue weighted by Gasteiger charge is 2.42. The van der Waals surface area contributed by atoms with Crippen molar-refractivity contribution in [2.75, 3.05) is 24.6 Å². The minimum atomic E-state index is -1.20. The fourth-order valence-corrected chi connectivity index (χ4v) is 6.34. The van der Waals surface area contributed by atoms with Gasteiger partial charge in [-0.05, 0) is 64.3 Å². The minimum absolute atomic E-state index is 0.0638. The van der Waals surface area contributed by atoms with Crippen LogP contribution in [0.1, 0.15) is 40.0 Å². The average molecular weight is 618 g/mol. The highest BCUT2D eigenvalue weighted by Crippen LogP contribution is 2.34. The second-order valence-electron chi connectivity index (χ2n) is 14.0. The maximum Gasteiger partial charge on any atom is 0.410 e. The molecule has 0 spiro atoms. The molecule has 1 aromatic carbocycles. The Labute approximate surface area is 259 Å². The molecule has 2 aliphatic rings. The van der Waals surface area contributed by atoms with Crippen molar-refractivity contribution in [1.82, 2.24) is 39.6 Å². The second kappa shape index (κ2) is 11.9. The van der Waals surface area contributed by atoms with Gasteiger partial charge in [0.05, 0.1) is 29.6 Å². The summed E-state index contributed by atoms with van der Waals surface area (Å²) >= 11 is 0. The molecule has 13 heteroatoms. The Morgan fingerprint density at radius 3 is 2.55 bits per heavy atom. The van der Waals surface area contributed by atoms with E-state index in [9.17, 15) is 4.79 Å². The molecule has 3 aromatic heterocycles. The van der Waals surface area contributed by atoms with Gasteiger partial charge in [0.25, 0.3) is 0 Å². The Balaban J connectivity index is 1.21. The predicted molar refractivity (Wildman–Crippen MR) is 171 cm³/mol. The van der Waals surface area contributed by atoms with Gasteiger partial charge >= 0.3 is 6.09 Å². The van der Waals surface area contributed by atoms with Crippen LogP contribution in [0.15, 0.2) is 43.0 Å². The first kappa shape index (κ1) is 30.2. The minimum Gasteiger partial charge on any atom is -0.444 e. The zero-order valence-electron chi connectivity index (χ0n) is 26.6. The third-order valence-electron chi connectivity index (χ3n) is 7.95. The summed E-state index contributed by atoms with van der Waals surface area (Å²) in [6, 6.07) is 7.36. The van der Waals surface area contributed by atoms with Gasteiger partial charge in [0.15, 0.2) is 0 Å². The molecule has 1 atom stereocenters. The van der Waals surface area contributed by atoms with Gasteiger partial charge in [-0.1, -0.05) is 19.6 Å². The molecule has 234 valence electrons. The zero-order valence-corrected chi connectivity index (χ0v) is 27.6. The predicted octanol–water partition coefficient (Wildman–Crippen LogP) is 5.36. The largest absolute Gasteiger partial charge is 0.444 e. The van der Waals surface area contributed by atoms with E-state index < -0.39 is 13.7 Å². The SMILES string of the molecule is CC(C)(C)OC(=O)N(C1CC1)C1CCN(c2ncc(-c3ccc(-n4cccn4)c4c3cnn4COCC[Si](C)(C)C)nn2)C1. The first-order valence-electron chi connectivity index (χ1n) is 15.5. The van der Waals surface area contributed by atoms with E-state index in [1.165, 1.54) is 0 Å². The van der Waals surface area contributed by atoms with E-state index in [0.29, 0.717) is 31.5 Å². The van der Waals surface area contributed by atoms with Crippen LogP contribution in [0.4, 0.5) is 10.7 Å². The second-order valence-corrected chi connectivity index (χ2v) is 19.6. The van der Waals surface area contributed by atoms with Gasteiger partial charge in [-0.3, -0.25) is 0 Å². The van der Waals surface area contributed by atoms with Crippen LogP contribution in [0.2, 0.25) is 25.7 Å². The van der Waals surface area contributed by atoms with Crippen LogP contribution in [-0.4, -0.2) is 91.2 Å². The first-order valence-corrected chi connectivity index (χ1v) is 19.2. The summed E-state index contributed by atoms with van der Waals surface area (Å²) in [4.78, 5) is 21.8. The van der Waals surface area contributed by atoms with Crippen molar-refractivity contribution in [3.05, 3.63) is 43.0 Å². The van der Waals surface area contributed by atoms with Crippen LogP contribution in [0.3, 0.4) is 0 Å². The third kappa shape index (κ3) is 6.78. The summed E-state index contributed by atoms with van der Waals surface area (Å²) in [5, 5.41) is 19.2. The van der Waals surface area contributed by atoms with E-state index >= 15 is 0 Å². The molecule has 4 aromatic rings. The lowest BCUT2D eigenvalue weighted by molar-refractivity contribution is 0.0158. The molecule has 4 heterocycles. The van der Waals surface area contributed by atoms with Crippen LogP contribution >= 0.6 is 0 Å². The molecule has 6 rings (SSSR count). The van der Waals surface area contributed by atoms with Crippen molar-refractivity contribution < 1.29 is 14.3 Å². The molecule has 0 radical (unpaired) electrons. The van der Waals surface area contributed by atoms with Crippen molar-refractivity contribution >= 4 is 31.0 Å². The van der Waals surface area contributed by atoms with Crippen molar-refractivity contribution in [1.29, 1.82) is 0 Å². The first-order chi connectivity index (χ1) is 21.0. The average Bonchev–Trinajstić information content (AvgIpc) is 3.32. The lowest BCUT2D eigenvalue weighted by Gasteiger charge is -2.31. The number of carbonyl (C=O) groups excluding carboxylic acids is 1. The zero-order chi connectivity index (χ0) is 31.1. The summed E-state index contributed by atoms with van der Waals surface area (Å²) in [7, 11) is -1.20. The van der Waals surface area contributed by atoms with E-state index in [2.05, 4.69) is 44.9 Å². The van der Waals surface area contributed by atoms with Crippen LogP contribution in [0.25, 0.3) is 27.8 Å². The van der Waals surface area contributed by atoms with Gasteiger partial charge in [-0.25, -0.2) is 19.1 Å². The van der Waals surface area contributed by atoms with Gasteiger partial charge in [-0.2, -0.15) is 10.2 Å². The molecule has 2 fully saturated rings. The maximum absolute atomic E-state index is 13.0. The summed E-state index contributed by atoms with van der Waals surface area (Å²) in [6.07, 6.45) is 9.97. The Kier molecular flexibility index (Phi) is 8.18. The number of amides is 1. The van der Waals surface area contributed by atoms with E-state index in [4.69, 9.17) is 14.5 Å². The summed E-state index contributed by atoms with van der Waals surface area (Å²) < 4.78 is 15.5. The van der Waals surface area contributed by atoms with Crippen LogP contribution in [-0.2, 0) is 16.2 Å². The number of hydrogen-bond donors (Lipinski definition) is 0. The van der Waals surface area contributed by atoms with Gasteiger partial charge in [0.1, 0.15) is 18.0 Å². The van der Waals surface area contributed by atoms with Gasteiger partial charge in [-0.15, -0.1) is 10.2 Å². The van der Waals surface area contributed by atoms with Crippen LogP contribution < -0.4 is 4.90 Å². The highest BCUT2D eigenvalue weighted by atomic mass is 28.3. The van der Waals surface area contributed by atoms with Crippen LogP contribution in [0.5, 0.6) is 0 Å². The summed E-state index contributed by atoms with van der Waals surface area (Å²) in [5.74, 6) is 0.562. The number of benzene rings is 1. The normalized spacial score (nSPS) is 17.4. The standard InChI is InChI=1S/C31H43N9O3Si/c1-31(2,3)43-30(41)40(22-8-9-22)23-12-15-37(20-23)29-32-19-26(35-36-29)24-10-11-27(38-14-7-13-33-38)28-25(24)18-34-39(28)21-42-16-17-44(4,5)6/h7,10-11,13-14,18-19,22-23H,8-9,12,15-17,20-21H2,1-6H3. The number of aromatic nitrogens is 7. The molecule has 0 bridgehead atoms. The fourth-order valence-electron chi connectivity index (χ4n) is 5.58. The lowest BCUT2D eigenvalue weighted by atomic mass is 10.1. The van der Waals surface area contributed by atoms with Crippen LogP contribution in [0, 0.1) is 0 Å². The quantitative estimate of drug-likeness (QED) is 0.171. The molecule has 1 amide bonds. The maximum atomic E-state index is 13.0. The Hall–Kier alpha value is -3.84. The van der Waals surface area contributed by atoms with Crippen molar-refractivity contribution in [2.45, 2.75) is 90.1 Å². The number of carbonyl (C=O) groups is 1. The van der Waals surface area contributed by atoms with Crippen molar-refractivity contribution in [2.24, 2.45) is 0 Å². The number of fused-ring (bicyclic) bond motifs is 1. The summed E-state index contributed by atoms with van der Waals surface area (Å²) in [5.41, 5.74) is 2.85. The number of hydrogen-bond acceptors (Lipinski definition) is 9. The molecule has 1 aliphatic carbocycles. The van der Waals surface area contributed by atoms with E-state index in [-0.39, 0.29) is 18.2 Å². The topological polar surface area (TPSA) is 116 Å². The third-order valence-corrected chi connectivity index (χ3v) is 9.66. The summed E-state index contributed by atoms with van der Waals surface area (Å²) in [6.45, 7) is 15.2. The molecule has 0 N–H and O–H groups in total. The number of nitrogens with zero attached hydrogens (tertiary/aromatic N) is 9. The van der Waals surface area contributed by atoms with E-state index in [1.807, 2.05) is 65.6 Å². The molecule has 1 saturated heterocycles. The lowest BCUT2D eigenvalue weighted by Crippen LogP contribution is -2.46. The highest BCUT2D eigenvalue weighted by molar-refractivity contribution is 6.76. The van der Waals surface area contributed by atoms with Crippen molar-refractivity contribution in [3.8, 4) is 16.9 Å². The van der Waals surface area contributed by atoms with Crippen molar-refractivity contribution in [3.63, 3.8) is 0 Å². The van der Waals surface area contributed by atoms with Gasteiger partial charge in [0, 0.05) is 57.2 Å². The van der Waals surface area contributed by atoms with E-state index in [0.717, 1.165) is 54.0 Å².